The van der Waals surface area contributed by atoms with Crippen LogP contribution in [0.2, 0.25) is 5.02 Å². The molecule has 1 aromatic carbocycles. The van der Waals surface area contributed by atoms with Crippen LogP contribution < -0.4 is 10.7 Å². The molecule has 1 atom stereocenters. The number of unbranched alkanes of at least 4 members (excludes halogenated alkanes) is 1. The van der Waals surface area contributed by atoms with Crippen molar-refractivity contribution in [2.75, 3.05) is 0 Å². The lowest BCUT2D eigenvalue weighted by molar-refractivity contribution is -0.139. The Labute approximate surface area is 159 Å². The first-order chi connectivity index (χ1) is 12.8. The molecule has 8 heteroatoms. The number of aliphatic carboxylic acids is 1. The number of benzene rings is 1. The quantitative estimate of drug-likeness (QED) is 0.752. The molecule has 27 heavy (non-hydrogen) atoms. The Kier molecular flexibility index (Phi) is 5.51. The molecule has 1 saturated carbocycles. The average molecular weight is 395 g/mol. The third-order valence-electron chi connectivity index (χ3n) is 4.71. The molecular weight excluding hydrogens is 375 g/mol. The number of rotatable bonds is 7. The highest BCUT2D eigenvalue weighted by molar-refractivity contribution is 6.31. The fourth-order valence-electron chi connectivity index (χ4n) is 3.06. The van der Waals surface area contributed by atoms with Gasteiger partial charge < -0.3 is 15.0 Å². The highest BCUT2D eigenvalue weighted by atomic mass is 35.5. The summed E-state index contributed by atoms with van der Waals surface area (Å²) in [5, 5.41) is 11.7. The van der Waals surface area contributed by atoms with Crippen molar-refractivity contribution < 1.29 is 19.1 Å². The first-order valence-corrected chi connectivity index (χ1v) is 9.28. The Hall–Kier alpha value is -2.41. The number of pyridine rings is 1. The van der Waals surface area contributed by atoms with Gasteiger partial charge >= 0.3 is 5.97 Å². The maximum absolute atomic E-state index is 13.9. The van der Waals surface area contributed by atoms with Gasteiger partial charge in [-0.15, -0.1) is 0 Å². The Bertz CT molecular complexity index is 968. The van der Waals surface area contributed by atoms with E-state index in [0.717, 1.165) is 25.3 Å². The van der Waals surface area contributed by atoms with Gasteiger partial charge in [0.05, 0.1) is 10.5 Å². The van der Waals surface area contributed by atoms with Crippen LogP contribution in [0.4, 0.5) is 4.39 Å². The van der Waals surface area contributed by atoms with Gasteiger partial charge in [-0.25, -0.2) is 9.18 Å². The second kappa shape index (κ2) is 7.68. The summed E-state index contributed by atoms with van der Waals surface area (Å²) in [7, 11) is 0. The molecule has 0 spiro atoms. The highest BCUT2D eigenvalue weighted by Gasteiger charge is 2.28. The molecule has 1 aromatic heterocycles. The van der Waals surface area contributed by atoms with Gasteiger partial charge in [0.15, 0.2) is 0 Å². The summed E-state index contributed by atoms with van der Waals surface area (Å²) in [6, 6.07) is 1.44. The molecule has 1 fully saturated rings. The van der Waals surface area contributed by atoms with Gasteiger partial charge in [-0.2, -0.15) is 0 Å². The summed E-state index contributed by atoms with van der Waals surface area (Å²) in [6.07, 6.45) is 4.86. The first-order valence-electron chi connectivity index (χ1n) is 8.91. The van der Waals surface area contributed by atoms with Crippen LogP contribution in [0.15, 0.2) is 23.1 Å². The Morgan fingerprint density at radius 2 is 2.11 bits per heavy atom. The number of nitrogens with zero attached hydrogens (tertiary/aromatic N) is 1. The molecule has 2 aromatic rings. The topological polar surface area (TPSA) is 88.4 Å². The number of carbonyl (C=O) groups excluding carboxylic acids is 1. The van der Waals surface area contributed by atoms with E-state index in [2.05, 4.69) is 5.32 Å². The summed E-state index contributed by atoms with van der Waals surface area (Å²) < 4.78 is 15.7. The monoisotopic (exact) mass is 394 g/mol. The largest absolute Gasteiger partial charge is 0.480 e. The van der Waals surface area contributed by atoms with E-state index in [1.165, 1.54) is 12.3 Å². The second-order valence-corrected chi connectivity index (χ2v) is 7.21. The number of nitrogens with one attached hydrogen (secondary N) is 1. The summed E-state index contributed by atoms with van der Waals surface area (Å²) in [5.41, 5.74) is -0.375. The van der Waals surface area contributed by atoms with Crippen LogP contribution in [0.5, 0.6) is 0 Å². The number of carbonyl (C=O) groups is 2. The fourth-order valence-corrected chi connectivity index (χ4v) is 3.22. The van der Waals surface area contributed by atoms with Crippen molar-refractivity contribution in [3.8, 4) is 0 Å². The molecular formula is C19H20ClFN2O4. The number of hydrogen-bond acceptors (Lipinski definition) is 3. The van der Waals surface area contributed by atoms with Crippen molar-refractivity contribution >= 4 is 34.4 Å². The molecule has 1 aliphatic rings. The number of hydrogen-bond donors (Lipinski definition) is 2. The molecule has 1 aliphatic carbocycles. The minimum atomic E-state index is -1.15. The fraction of sp³-hybridized carbons (Fsp3) is 0.421. The van der Waals surface area contributed by atoms with Crippen molar-refractivity contribution in [3.63, 3.8) is 0 Å². The third kappa shape index (κ3) is 3.98. The predicted octanol–water partition coefficient (Wildman–Crippen LogP) is 3.50. The smallest absolute Gasteiger partial charge is 0.326 e. The van der Waals surface area contributed by atoms with E-state index < -0.39 is 29.2 Å². The number of aromatic nitrogens is 1. The van der Waals surface area contributed by atoms with Crippen LogP contribution in [-0.4, -0.2) is 27.6 Å². The molecule has 2 N–H and O–H groups in total. The molecule has 6 nitrogen and oxygen atoms in total. The van der Waals surface area contributed by atoms with E-state index in [1.54, 1.807) is 4.57 Å². The molecule has 1 heterocycles. The Morgan fingerprint density at radius 1 is 1.41 bits per heavy atom. The van der Waals surface area contributed by atoms with Gasteiger partial charge in [-0.05, 0) is 31.4 Å². The van der Waals surface area contributed by atoms with E-state index in [4.69, 9.17) is 11.6 Å². The summed E-state index contributed by atoms with van der Waals surface area (Å²) >= 11 is 5.86. The predicted molar refractivity (Wildman–Crippen MR) is 99.9 cm³/mol. The highest BCUT2D eigenvalue weighted by Crippen LogP contribution is 2.37. The van der Waals surface area contributed by atoms with Crippen molar-refractivity contribution in [2.24, 2.45) is 0 Å². The van der Waals surface area contributed by atoms with E-state index in [1.807, 2.05) is 6.92 Å². The maximum atomic E-state index is 13.9. The SMILES string of the molecule is CCCC[C@H](NC(=O)c1cn(C2CC2)c2cc(Cl)c(F)cc2c1=O)C(=O)O. The lowest BCUT2D eigenvalue weighted by atomic mass is 10.1. The minimum Gasteiger partial charge on any atom is -0.480 e. The summed E-state index contributed by atoms with van der Waals surface area (Å²) in [6.45, 7) is 1.91. The van der Waals surface area contributed by atoms with Gasteiger partial charge in [0.1, 0.15) is 17.4 Å². The van der Waals surface area contributed by atoms with Gasteiger partial charge in [-0.1, -0.05) is 31.4 Å². The second-order valence-electron chi connectivity index (χ2n) is 6.80. The molecule has 0 unspecified atom stereocenters. The van der Waals surface area contributed by atoms with Gasteiger partial charge in [0.25, 0.3) is 5.91 Å². The summed E-state index contributed by atoms with van der Waals surface area (Å²) in [5.74, 6) is -2.67. The van der Waals surface area contributed by atoms with Gasteiger partial charge in [0.2, 0.25) is 5.43 Å². The summed E-state index contributed by atoms with van der Waals surface area (Å²) in [4.78, 5) is 36.8. The lowest BCUT2D eigenvalue weighted by Crippen LogP contribution is -2.42. The van der Waals surface area contributed by atoms with Crippen molar-refractivity contribution in [1.82, 2.24) is 9.88 Å². The van der Waals surface area contributed by atoms with E-state index in [9.17, 15) is 23.9 Å². The number of halogens is 2. The number of carboxylic acid groups (broad SMARTS) is 1. The zero-order valence-corrected chi connectivity index (χ0v) is 15.6. The normalized spacial score (nSPS) is 14.9. The van der Waals surface area contributed by atoms with E-state index >= 15 is 0 Å². The zero-order chi connectivity index (χ0) is 19.7. The molecule has 1 amide bonds. The number of fused-ring (bicyclic) bond motifs is 1. The van der Waals surface area contributed by atoms with Crippen LogP contribution in [0.3, 0.4) is 0 Å². The molecule has 3 rings (SSSR count). The molecule has 0 saturated heterocycles. The van der Waals surface area contributed by atoms with Crippen LogP contribution in [-0.2, 0) is 4.79 Å². The molecule has 0 bridgehead atoms. The third-order valence-corrected chi connectivity index (χ3v) is 5.00. The molecule has 144 valence electrons. The van der Waals surface area contributed by atoms with Gasteiger partial charge in [-0.3, -0.25) is 9.59 Å². The Balaban J connectivity index is 2.04. The number of amides is 1. The van der Waals surface area contributed by atoms with Gasteiger partial charge in [0, 0.05) is 17.6 Å². The minimum absolute atomic E-state index is 0.0527. The van der Waals surface area contributed by atoms with Crippen molar-refractivity contribution in [3.05, 3.63) is 45.0 Å². The molecule has 0 radical (unpaired) electrons. The van der Waals surface area contributed by atoms with E-state index in [-0.39, 0.29) is 28.4 Å². The number of carboxylic acids is 1. The standard InChI is InChI=1S/C19H20ClFN2O4/c1-2-3-4-15(19(26)27)22-18(25)12-9-23(10-5-6-10)16-8-13(20)14(21)7-11(16)17(12)24/h7-10,15H,2-6H2,1H3,(H,22,25)(H,26,27)/t15-/m0/s1. The van der Waals surface area contributed by atoms with Crippen LogP contribution in [0, 0.1) is 5.82 Å². The van der Waals surface area contributed by atoms with E-state index in [0.29, 0.717) is 11.9 Å². The zero-order valence-electron chi connectivity index (χ0n) is 14.8. The Morgan fingerprint density at radius 3 is 2.70 bits per heavy atom. The van der Waals surface area contributed by atoms with Crippen LogP contribution in [0.1, 0.15) is 55.4 Å². The van der Waals surface area contributed by atoms with Crippen LogP contribution in [0.25, 0.3) is 10.9 Å². The lowest BCUT2D eigenvalue weighted by Gasteiger charge is -2.16. The maximum Gasteiger partial charge on any atom is 0.326 e. The first kappa shape index (κ1) is 19.4. The average Bonchev–Trinajstić information content (AvgIpc) is 3.45. The van der Waals surface area contributed by atoms with Crippen LogP contribution >= 0.6 is 11.6 Å². The molecule has 0 aliphatic heterocycles. The van der Waals surface area contributed by atoms with Crippen molar-refractivity contribution in [2.45, 2.75) is 51.1 Å². The van der Waals surface area contributed by atoms with Crippen molar-refractivity contribution in [1.29, 1.82) is 0 Å².